The van der Waals surface area contributed by atoms with Gasteiger partial charge in [0, 0.05) is 13.1 Å². The molecule has 0 aromatic carbocycles. The highest BCUT2D eigenvalue weighted by molar-refractivity contribution is 7.18. The highest BCUT2D eigenvalue weighted by Crippen LogP contribution is 2.26. The Hall–Kier alpha value is -1.30. The molecular weight excluding hydrogens is 272 g/mol. The van der Waals surface area contributed by atoms with Crippen LogP contribution in [0, 0.1) is 5.92 Å². The lowest BCUT2D eigenvalue weighted by molar-refractivity contribution is 0.0955. The maximum atomic E-state index is 12.1. The Labute approximate surface area is 124 Å². The molecule has 1 aliphatic rings. The number of thiazole rings is 1. The second-order valence-electron chi connectivity index (χ2n) is 5.31. The summed E-state index contributed by atoms with van der Waals surface area (Å²) in [5.41, 5.74) is 5.79. The van der Waals surface area contributed by atoms with E-state index in [2.05, 4.69) is 15.6 Å². The SMILES string of the molecule is CCNc1nc(N)c(C(=O)NCCC2CCCCC2)s1. The zero-order chi connectivity index (χ0) is 14.4. The van der Waals surface area contributed by atoms with E-state index >= 15 is 0 Å². The first-order valence-corrected chi connectivity index (χ1v) is 8.30. The lowest BCUT2D eigenvalue weighted by atomic mass is 9.87. The predicted octanol–water partition coefficient (Wildman–Crippen LogP) is 2.86. The Morgan fingerprint density at radius 3 is 2.85 bits per heavy atom. The molecule has 0 atom stereocenters. The van der Waals surface area contributed by atoms with Crippen LogP contribution in [-0.4, -0.2) is 24.0 Å². The number of nitrogens with one attached hydrogen (secondary N) is 2. The van der Waals surface area contributed by atoms with Crippen molar-refractivity contribution in [2.24, 2.45) is 5.92 Å². The van der Waals surface area contributed by atoms with Crippen molar-refractivity contribution < 1.29 is 4.79 Å². The van der Waals surface area contributed by atoms with Gasteiger partial charge in [0.05, 0.1) is 0 Å². The molecule has 4 N–H and O–H groups in total. The van der Waals surface area contributed by atoms with Gasteiger partial charge in [0.25, 0.3) is 5.91 Å². The van der Waals surface area contributed by atoms with Crippen LogP contribution in [0.5, 0.6) is 0 Å². The number of nitrogens with zero attached hydrogens (tertiary/aromatic N) is 1. The number of hydrogen-bond acceptors (Lipinski definition) is 5. The quantitative estimate of drug-likeness (QED) is 0.754. The number of nitrogens with two attached hydrogens (primary N) is 1. The fraction of sp³-hybridized carbons (Fsp3) is 0.714. The van der Waals surface area contributed by atoms with E-state index in [1.165, 1.54) is 43.4 Å². The van der Waals surface area contributed by atoms with Crippen molar-refractivity contribution in [2.45, 2.75) is 45.4 Å². The monoisotopic (exact) mass is 296 g/mol. The number of hydrogen-bond donors (Lipinski definition) is 3. The van der Waals surface area contributed by atoms with Crippen LogP contribution in [0.3, 0.4) is 0 Å². The summed E-state index contributed by atoms with van der Waals surface area (Å²) in [7, 11) is 0. The summed E-state index contributed by atoms with van der Waals surface area (Å²) in [6, 6.07) is 0. The summed E-state index contributed by atoms with van der Waals surface area (Å²) in [5.74, 6) is 1.00. The minimum atomic E-state index is -0.0973. The Balaban J connectivity index is 1.79. The molecule has 20 heavy (non-hydrogen) atoms. The normalized spacial score (nSPS) is 16.1. The largest absolute Gasteiger partial charge is 0.382 e. The Kier molecular flexibility index (Phi) is 5.64. The van der Waals surface area contributed by atoms with Crippen LogP contribution < -0.4 is 16.4 Å². The third-order valence-electron chi connectivity index (χ3n) is 3.75. The van der Waals surface area contributed by atoms with E-state index in [1.54, 1.807) is 0 Å². The molecule has 0 aliphatic heterocycles. The molecule has 1 saturated carbocycles. The van der Waals surface area contributed by atoms with Crippen molar-refractivity contribution in [3.8, 4) is 0 Å². The van der Waals surface area contributed by atoms with Gasteiger partial charge in [-0.1, -0.05) is 43.4 Å². The van der Waals surface area contributed by atoms with Crippen molar-refractivity contribution >= 4 is 28.2 Å². The number of aromatic nitrogens is 1. The summed E-state index contributed by atoms with van der Waals surface area (Å²) in [6.07, 6.45) is 7.74. The fourth-order valence-corrected chi connectivity index (χ4v) is 3.54. The number of carbonyl (C=O) groups excluding carboxylic acids is 1. The predicted molar refractivity (Wildman–Crippen MR) is 84.2 cm³/mol. The van der Waals surface area contributed by atoms with Crippen LogP contribution in [0.1, 0.15) is 55.1 Å². The van der Waals surface area contributed by atoms with Crippen LogP contribution >= 0.6 is 11.3 Å². The first kappa shape index (κ1) is 15.1. The highest BCUT2D eigenvalue weighted by Gasteiger charge is 2.17. The average molecular weight is 296 g/mol. The number of anilines is 2. The molecule has 5 nitrogen and oxygen atoms in total. The third-order valence-corrected chi connectivity index (χ3v) is 4.78. The van der Waals surface area contributed by atoms with Crippen molar-refractivity contribution in [1.82, 2.24) is 10.3 Å². The van der Waals surface area contributed by atoms with Gasteiger partial charge < -0.3 is 16.4 Å². The average Bonchev–Trinajstić information content (AvgIpc) is 2.81. The standard InChI is InChI=1S/C14H24N4OS/c1-2-16-14-18-12(15)11(20-14)13(19)17-9-8-10-6-4-3-5-7-10/h10H,2-9,15H2,1H3,(H,16,18)(H,17,19). The number of nitrogen functional groups attached to an aromatic ring is 1. The summed E-state index contributed by atoms with van der Waals surface area (Å²) in [4.78, 5) is 16.7. The number of amides is 1. The van der Waals surface area contributed by atoms with Crippen LogP contribution in [0.2, 0.25) is 0 Å². The Bertz CT molecular complexity index is 440. The van der Waals surface area contributed by atoms with Gasteiger partial charge in [0.15, 0.2) is 5.13 Å². The lowest BCUT2D eigenvalue weighted by Crippen LogP contribution is -2.26. The van der Waals surface area contributed by atoms with E-state index in [0.29, 0.717) is 15.8 Å². The maximum absolute atomic E-state index is 12.1. The number of carbonyl (C=O) groups is 1. The zero-order valence-electron chi connectivity index (χ0n) is 12.1. The summed E-state index contributed by atoms with van der Waals surface area (Å²) < 4.78 is 0. The summed E-state index contributed by atoms with van der Waals surface area (Å²) >= 11 is 1.32. The van der Waals surface area contributed by atoms with Gasteiger partial charge >= 0.3 is 0 Å². The molecule has 0 bridgehead atoms. The van der Waals surface area contributed by atoms with E-state index in [9.17, 15) is 4.79 Å². The molecular formula is C14H24N4OS. The first-order chi connectivity index (χ1) is 9.70. The van der Waals surface area contributed by atoms with E-state index < -0.39 is 0 Å². The van der Waals surface area contributed by atoms with Gasteiger partial charge in [-0.15, -0.1) is 0 Å². The third kappa shape index (κ3) is 4.10. The molecule has 0 radical (unpaired) electrons. The molecule has 1 fully saturated rings. The van der Waals surface area contributed by atoms with E-state index in [4.69, 9.17) is 5.73 Å². The Morgan fingerprint density at radius 2 is 2.15 bits per heavy atom. The lowest BCUT2D eigenvalue weighted by Gasteiger charge is -2.21. The van der Waals surface area contributed by atoms with Crippen LogP contribution in [0.4, 0.5) is 10.9 Å². The van der Waals surface area contributed by atoms with Crippen molar-refractivity contribution in [3.05, 3.63) is 4.88 Å². The van der Waals surface area contributed by atoms with Gasteiger partial charge in [-0.05, 0) is 19.3 Å². The first-order valence-electron chi connectivity index (χ1n) is 7.49. The molecule has 1 aromatic rings. The van der Waals surface area contributed by atoms with Crippen molar-refractivity contribution in [1.29, 1.82) is 0 Å². The molecule has 0 unspecified atom stereocenters. The molecule has 112 valence electrons. The molecule has 0 spiro atoms. The van der Waals surface area contributed by atoms with Crippen LogP contribution in [-0.2, 0) is 0 Å². The topological polar surface area (TPSA) is 80.0 Å². The maximum Gasteiger partial charge on any atom is 0.265 e. The van der Waals surface area contributed by atoms with Gasteiger partial charge in [-0.3, -0.25) is 4.79 Å². The smallest absolute Gasteiger partial charge is 0.265 e. The molecule has 1 heterocycles. The van der Waals surface area contributed by atoms with Crippen molar-refractivity contribution in [2.75, 3.05) is 24.1 Å². The molecule has 1 aliphatic carbocycles. The molecule has 0 saturated heterocycles. The van der Waals surface area contributed by atoms with Crippen LogP contribution in [0.25, 0.3) is 0 Å². The second-order valence-corrected chi connectivity index (χ2v) is 6.31. The summed E-state index contributed by atoms with van der Waals surface area (Å²) in [6.45, 7) is 3.49. The van der Waals surface area contributed by atoms with Gasteiger partial charge in [-0.2, -0.15) is 0 Å². The molecule has 6 heteroatoms. The molecule has 2 rings (SSSR count). The van der Waals surface area contributed by atoms with E-state index in [1.807, 2.05) is 6.92 Å². The van der Waals surface area contributed by atoms with Gasteiger partial charge in [-0.25, -0.2) is 4.98 Å². The number of rotatable bonds is 6. The zero-order valence-corrected chi connectivity index (χ0v) is 12.9. The van der Waals surface area contributed by atoms with Gasteiger partial charge in [0.1, 0.15) is 10.7 Å². The minimum absolute atomic E-state index is 0.0973. The fourth-order valence-electron chi connectivity index (χ4n) is 2.67. The van der Waals surface area contributed by atoms with Crippen molar-refractivity contribution in [3.63, 3.8) is 0 Å². The van der Waals surface area contributed by atoms with Crippen LogP contribution in [0.15, 0.2) is 0 Å². The van der Waals surface area contributed by atoms with E-state index in [0.717, 1.165) is 25.4 Å². The second kappa shape index (κ2) is 7.47. The highest BCUT2D eigenvalue weighted by atomic mass is 32.1. The Morgan fingerprint density at radius 1 is 1.40 bits per heavy atom. The molecule has 1 amide bonds. The minimum Gasteiger partial charge on any atom is -0.382 e. The van der Waals surface area contributed by atoms with Gasteiger partial charge in [0.2, 0.25) is 0 Å². The van der Waals surface area contributed by atoms with E-state index in [-0.39, 0.29) is 5.91 Å². The molecule has 1 aromatic heterocycles. The summed E-state index contributed by atoms with van der Waals surface area (Å²) in [5, 5.41) is 6.76.